The second-order valence-corrected chi connectivity index (χ2v) is 4.91. The molecule has 0 fully saturated rings. The van der Waals surface area contributed by atoms with Crippen LogP contribution in [0.1, 0.15) is 18.7 Å². The predicted octanol–water partition coefficient (Wildman–Crippen LogP) is 2.55. The van der Waals surface area contributed by atoms with E-state index in [4.69, 9.17) is 4.42 Å². The zero-order valence-corrected chi connectivity index (χ0v) is 11.9. The van der Waals surface area contributed by atoms with Crippen LogP contribution < -0.4 is 16.0 Å². The summed E-state index contributed by atoms with van der Waals surface area (Å²) < 4.78 is 5.34. The highest BCUT2D eigenvalue weighted by atomic mass is 16.3. The van der Waals surface area contributed by atoms with Crippen LogP contribution in [0.25, 0.3) is 0 Å². The summed E-state index contributed by atoms with van der Waals surface area (Å²) in [6.45, 7) is 1.69. The Morgan fingerprint density at radius 1 is 1.18 bits per heavy atom. The Morgan fingerprint density at radius 3 is 2.64 bits per heavy atom. The van der Waals surface area contributed by atoms with Crippen molar-refractivity contribution in [2.24, 2.45) is 0 Å². The van der Waals surface area contributed by atoms with Crippen LogP contribution in [-0.4, -0.2) is 11.9 Å². The number of rotatable bonds is 3. The predicted molar refractivity (Wildman–Crippen MR) is 80.9 cm³/mol. The van der Waals surface area contributed by atoms with Gasteiger partial charge in [0.05, 0.1) is 11.8 Å². The van der Waals surface area contributed by atoms with Gasteiger partial charge in [0.1, 0.15) is 11.8 Å². The molecule has 1 atom stereocenters. The molecule has 3 N–H and O–H groups in total. The van der Waals surface area contributed by atoms with E-state index in [-0.39, 0.29) is 11.9 Å². The maximum Gasteiger partial charge on any atom is 0.319 e. The minimum atomic E-state index is -0.618. The Balaban J connectivity index is 1.92. The molecule has 0 aliphatic carbocycles. The van der Waals surface area contributed by atoms with E-state index in [0.717, 1.165) is 0 Å². The minimum Gasteiger partial charge on any atom is -0.467 e. The van der Waals surface area contributed by atoms with E-state index in [2.05, 4.69) is 16.0 Å². The number of para-hydroxylation sites is 1. The fourth-order valence-electron chi connectivity index (χ4n) is 2.38. The largest absolute Gasteiger partial charge is 0.467 e. The van der Waals surface area contributed by atoms with Gasteiger partial charge in [0.2, 0.25) is 0 Å². The van der Waals surface area contributed by atoms with Crippen molar-refractivity contribution in [3.05, 3.63) is 65.8 Å². The Kier molecular flexibility index (Phi) is 3.65. The summed E-state index contributed by atoms with van der Waals surface area (Å²) in [4.78, 5) is 24.3. The molecule has 0 saturated carbocycles. The standard InChI is InChI=1S/C16H15N3O3/c1-10-13(15(20)18-11-6-3-2-4-7-11)14(19-16(21)17-10)12-8-5-9-22-12/h2-9,14H,1H3,(H,18,20)(H2,17,19,21)/t14-/m1/s1. The first-order valence-electron chi connectivity index (χ1n) is 6.83. The Morgan fingerprint density at radius 2 is 1.95 bits per heavy atom. The zero-order chi connectivity index (χ0) is 15.5. The number of hydrogen-bond donors (Lipinski definition) is 3. The van der Waals surface area contributed by atoms with E-state index >= 15 is 0 Å². The molecular weight excluding hydrogens is 282 g/mol. The van der Waals surface area contributed by atoms with Crippen LogP contribution in [0.15, 0.2) is 64.4 Å². The van der Waals surface area contributed by atoms with E-state index in [9.17, 15) is 9.59 Å². The maximum absolute atomic E-state index is 12.6. The molecule has 0 bridgehead atoms. The number of allylic oxidation sites excluding steroid dienone is 1. The average Bonchev–Trinajstić information content (AvgIpc) is 3.01. The highest BCUT2D eigenvalue weighted by molar-refractivity contribution is 6.06. The highest BCUT2D eigenvalue weighted by Crippen LogP contribution is 2.27. The molecule has 6 nitrogen and oxygen atoms in total. The molecule has 1 aliphatic heterocycles. The van der Waals surface area contributed by atoms with Gasteiger partial charge in [-0.1, -0.05) is 18.2 Å². The topological polar surface area (TPSA) is 83.4 Å². The molecular formula is C16H15N3O3. The third-order valence-electron chi connectivity index (χ3n) is 3.37. The first-order valence-corrected chi connectivity index (χ1v) is 6.83. The van der Waals surface area contributed by atoms with Crippen LogP contribution in [-0.2, 0) is 4.79 Å². The third kappa shape index (κ3) is 2.71. The molecule has 1 aliphatic rings. The van der Waals surface area contributed by atoms with Gasteiger partial charge in [-0.2, -0.15) is 0 Å². The second kappa shape index (κ2) is 5.77. The SMILES string of the molecule is CC1=C(C(=O)Nc2ccccc2)[C@@H](c2ccco2)NC(=O)N1. The molecule has 0 unspecified atom stereocenters. The van der Waals surface area contributed by atoms with Gasteiger partial charge in [-0.15, -0.1) is 0 Å². The molecule has 1 aromatic carbocycles. The molecule has 0 spiro atoms. The fraction of sp³-hybridized carbons (Fsp3) is 0.125. The van der Waals surface area contributed by atoms with Crippen LogP contribution in [0.5, 0.6) is 0 Å². The molecule has 0 saturated heterocycles. The van der Waals surface area contributed by atoms with Crippen molar-refractivity contribution >= 4 is 17.6 Å². The summed E-state index contributed by atoms with van der Waals surface area (Å²) in [7, 11) is 0. The van der Waals surface area contributed by atoms with Crippen LogP contribution >= 0.6 is 0 Å². The van der Waals surface area contributed by atoms with Gasteiger partial charge in [-0.25, -0.2) is 4.79 Å². The Hall–Kier alpha value is -3.02. The van der Waals surface area contributed by atoms with Crippen molar-refractivity contribution in [1.29, 1.82) is 0 Å². The van der Waals surface area contributed by atoms with E-state index in [1.165, 1.54) is 6.26 Å². The van der Waals surface area contributed by atoms with Crippen molar-refractivity contribution in [3.63, 3.8) is 0 Å². The maximum atomic E-state index is 12.6. The van der Waals surface area contributed by atoms with Crippen LogP contribution in [0.3, 0.4) is 0 Å². The molecule has 3 amide bonds. The third-order valence-corrected chi connectivity index (χ3v) is 3.37. The van der Waals surface area contributed by atoms with Crippen molar-refractivity contribution in [1.82, 2.24) is 10.6 Å². The summed E-state index contributed by atoms with van der Waals surface area (Å²) in [5, 5.41) is 8.14. The van der Waals surface area contributed by atoms with E-state index in [1.54, 1.807) is 31.2 Å². The number of hydrogen-bond acceptors (Lipinski definition) is 3. The number of benzene rings is 1. The Labute approximate surface area is 127 Å². The number of carbonyl (C=O) groups excluding carboxylic acids is 2. The molecule has 112 valence electrons. The molecule has 3 rings (SSSR count). The lowest BCUT2D eigenvalue weighted by molar-refractivity contribution is -0.113. The van der Waals surface area contributed by atoms with Gasteiger partial charge >= 0.3 is 6.03 Å². The van der Waals surface area contributed by atoms with Crippen LogP contribution in [0, 0.1) is 0 Å². The smallest absolute Gasteiger partial charge is 0.319 e. The fourth-order valence-corrected chi connectivity index (χ4v) is 2.38. The summed E-state index contributed by atoms with van der Waals surface area (Å²) in [6.07, 6.45) is 1.51. The lowest BCUT2D eigenvalue weighted by Gasteiger charge is -2.26. The first kappa shape index (κ1) is 13.9. The normalized spacial score (nSPS) is 17.7. The van der Waals surface area contributed by atoms with Crippen molar-refractivity contribution < 1.29 is 14.0 Å². The molecule has 2 aromatic rings. The lowest BCUT2D eigenvalue weighted by Crippen LogP contribution is -2.45. The summed E-state index contributed by atoms with van der Waals surface area (Å²) in [5.41, 5.74) is 1.60. The van der Waals surface area contributed by atoms with Crippen LogP contribution in [0.4, 0.5) is 10.5 Å². The number of amides is 3. The summed E-state index contributed by atoms with van der Waals surface area (Å²) in [5.74, 6) is 0.213. The number of urea groups is 1. The summed E-state index contributed by atoms with van der Waals surface area (Å²) >= 11 is 0. The molecule has 1 aromatic heterocycles. The number of anilines is 1. The summed E-state index contributed by atoms with van der Waals surface area (Å²) in [6, 6.07) is 11.6. The second-order valence-electron chi connectivity index (χ2n) is 4.91. The highest BCUT2D eigenvalue weighted by Gasteiger charge is 2.32. The van der Waals surface area contributed by atoms with Gasteiger partial charge in [0.25, 0.3) is 5.91 Å². The van der Waals surface area contributed by atoms with Gasteiger partial charge in [0, 0.05) is 11.4 Å². The van der Waals surface area contributed by atoms with Crippen molar-refractivity contribution in [2.75, 3.05) is 5.32 Å². The number of nitrogens with one attached hydrogen (secondary N) is 3. The molecule has 2 heterocycles. The molecule has 0 radical (unpaired) electrons. The number of furan rings is 1. The quantitative estimate of drug-likeness (QED) is 0.814. The molecule has 22 heavy (non-hydrogen) atoms. The first-order chi connectivity index (χ1) is 10.6. The number of carbonyl (C=O) groups is 2. The Bertz CT molecular complexity index is 720. The minimum absolute atomic E-state index is 0.294. The van der Waals surface area contributed by atoms with E-state index in [0.29, 0.717) is 22.7 Å². The average molecular weight is 297 g/mol. The van der Waals surface area contributed by atoms with Crippen molar-refractivity contribution in [2.45, 2.75) is 13.0 Å². The monoisotopic (exact) mass is 297 g/mol. The van der Waals surface area contributed by atoms with E-state index in [1.807, 2.05) is 18.2 Å². The van der Waals surface area contributed by atoms with Gasteiger partial charge in [0.15, 0.2) is 0 Å². The molecule has 6 heteroatoms. The zero-order valence-electron chi connectivity index (χ0n) is 11.9. The van der Waals surface area contributed by atoms with Gasteiger partial charge in [-0.05, 0) is 31.2 Å². The van der Waals surface area contributed by atoms with Gasteiger partial charge < -0.3 is 20.4 Å². The lowest BCUT2D eigenvalue weighted by atomic mass is 10.00. The van der Waals surface area contributed by atoms with E-state index < -0.39 is 6.04 Å². The van der Waals surface area contributed by atoms with Crippen molar-refractivity contribution in [3.8, 4) is 0 Å². The van der Waals surface area contributed by atoms with Crippen LogP contribution in [0.2, 0.25) is 0 Å². The van der Waals surface area contributed by atoms with Gasteiger partial charge in [-0.3, -0.25) is 4.79 Å².